The first-order valence-electron chi connectivity index (χ1n) is 6.16. The Labute approximate surface area is 124 Å². The van der Waals surface area contributed by atoms with Gasteiger partial charge in [0.1, 0.15) is 12.4 Å². The van der Waals surface area contributed by atoms with E-state index in [1.165, 1.54) is 25.1 Å². The van der Waals surface area contributed by atoms with E-state index in [0.717, 1.165) is 0 Å². The van der Waals surface area contributed by atoms with Crippen LogP contribution in [0.1, 0.15) is 25.5 Å². The molecule has 0 unspecified atom stereocenters. The zero-order valence-corrected chi connectivity index (χ0v) is 12.1. The van der Waals surface area contributed by atoms with Gasteiger partial charge in [-0.05, 0) is 26.0 Å². The molecule has 0 heterocycles. The highest BCUT2D eigenvalue weighted by molar-refractivity contribution is 6.31. The number of carbonyl (C=O) groups excluding carboxylic acids is 1. The molecule has 0 aromatic heterocycles. The number of benzene rings is 1. The van der Waals surface area contributed by atoms with Crippen LogP contribution in [-0.2, 0) is 4.79 Å². The molecule has 0 fully saturated rings. The molecule has 0 spiro atoms. The lowest BCUT2D eigenvalue weighted by molar-refractivity contribution is -0.139. The summed E-state index contributed by atoms with van der Waals surface area (Å²) in [7, 11) is 0. The zero-order valence-electron chi connectivity index (χ0n) is 11.4. The number of carbonyl (C=O) groups is 1. The van der Waals surface area contributed by atoms with Gasteiger partial charge >= 0.3 is 6.18 Å². The maximum atomic E-state index is 13.7. The average molecular weight is 327 g/mol. The molecule has 2 atom stereocenters. The van der Waals surface area contributed by atoms with Crippen molar-refractivity contribution in [3.8, 4) is 0 Å². The SMILES string of the molecule is C[C@H](N[C@H](C)c1c(F)cccc1Cl)C(=O)NCC(F)(F)F. The van der Waals surface area contributed by atoms with Crippen LogP contribution in [0.2, 0.25) is 5.02 Å². The third kappa shape index (κ3) is 5.51. The van der Waals surface area contributed by atoms with Crippen molar-refractivity contribution in [3.05, 3.63) is 34.6 Å². The number of hydrogen-bond donors (Lipinski definition) is 2. The van der Waals surface area contributed by atoms with E-state index in [4.69, 9.17) is 11.6 Å². The minimum absolute atomic E-state index is 0.162. The monoisotopic (exact) mass is 326 g/mol. The van der Waals surface area contributed by atoms with E-state index in [9.17, 15) is 22.4 Å². The normalized spacial score (nSPS) is 14.6. The summed E-state index contributed by atoms with van der Waals surface area (Å²) in [4.78, 5) is 11.5. The molecule has 3 nitrogen and oxygen atoms in total. The highest BCUT2D eigenvalue weighted by Crippen LogP contribution is 2.25. The molecule has 0 saturated heterocycles. The van der Waals surface area contributed by atoms with E-state index in [1.807, 2.05) is 0 Å². The van der Waals surface area contributed by atoms with Crippen molar-refractivity contribution in [1.29, 1.82) is 0 Å². The Hall–Kier alpha value is -1.34. The number of amides is 1. The van der Waals surface area contributed by atoms with Gasteiger partial charge in [0.15, 0.2) is 0 Å². The van der Waals surface area contributed by atoms with E-state index in [1.54, 1.807) is 12.2 Å². The van der Waals surface area contributed by atoms with Gasteiger partial charge in [0, 0.05) is 16.6 Å². The molecule has 0 saturated carbocycles. The quantitative estimate of drug-likeness (QED) is 0.816. The Morgan fingerprint density at radius 3 is 2.48 bits per heavy atom. The topological polar surface area (TPSA) is 41.1 Å². The van der Waals surface area contributed by atoms with Crippen LogP contribution in [0, 0.1) is 5.82 Å². The van der Waals surface area contributed by atoms with Gasteiger partial charge < -0.3 is 5.32 Å². The molecular formula is C13H15ClF4N2O. The maximum Gasteiger partial charge on any atom is 0.405 e. The fraction of sp³-hybridized carbons (Fsp3) is 0.462. The van der Waals surface area contributed by atoms with E-state index >= 15 is 0 Å². The predicted octanol–water partition coefficient (Wildman–Crippen LogP) is 3.20. The molecule has 118 valence electrons. The number of rotatable bonds is 5. The average Bonchev–Trinajstić information content (AvgIpc) is 2.34. The molecule has 1 amide bonds. The van der Waals surface area contributed by atoms with Crippen LogP contribution < -0.4 is 10.6 Å². The fourth-order valence-electron chi connectivity index (χ4n) is 1.80. The Balaban J connectivity index is 2.66. The van der Waals surface area contributed by atoms with Gasteiger partial charge in [0.2, 0.25) is 5.91 Å². The summed E-state index contributed by atoms with van der Waals surface area (Å²) in [5, 5.41) is 4.64. The smallest absolute Gasteiger partial charge is 0.346 e. The molecule has 21 heavy (non-hydrogen) atoms. The lowest BCUT2D eigenvalue weighted by Gasteiger charge is -2.21. The van der Waals surface area contributed by atoms with Crippen molar-refractivity contribution in [3.63, 3.8) is 0 Å². The number of halogens is 5. The van der Waals surface area contributed by atoms with Crippen molar-refractivity contribution in [2.75, 3.05) is 6.54 Å². The molecule has 2 N–H and O–H groups in total. The second-order valence-electron chi connectivity index (χ2n) is 4.58. The van der Waals surface area contributed by atoms with Crippen LogP contribution in [0.4, 0.5) is 17.6 Å². The van der Waals surface area contributed by atoms with Crippen LogP contribution in [0.5, 0.6) is 0 Å². The highest BCUT2D eigenvalue weighted by atomic mass is 35.5. The fourth-order valence-corrected chi connectivity index (χ4v) is 2.13. The van der Waals surface area contributed by atoms with Gasteiger partial charge in [-0.3, -0.25) is 10.1 Å². The first kappa shape index (κ1) is 17.7. The molecule has 1 aromatic carbocycles. The summed E-state index contributed by atoms with van der Waals surface area (Å²) < 4.78 is 49.7. The van der Waals surface area contributed by atoms with Crippen LogP contribution in [0.25, 0.3) is 0 Å². The van der Waals surface area contributed by atoms with Crippen LogP contribution in [0.15, 0.2) is 18.2 Å². The summed E-state index contributed by atoms with van der Waals surface area (Å²) in [5.41, 5.74) is 0.162. The Kier molecular flexibility index (Phi) is 5.98. The van der Waals surface area contributed by atoms with Gasteiger partial charge in [0.05, 0.1) is 6.04 Å². The molecule has 0 bridgehead atoms. The lowest BCUT2D eigenvalue weighted by Crippen LogP contribution is -2.46. The second kappa shape index (κ2) is 7.09. The first-order chi connectivity index (χ1) is 9.61. The van der Waals surface area contributed by atoms with Crippen molar-refractivity contribution in [2.24, 2.45) is 0 Å². The number of alkyl halides is 3. The van der Waals surface area contributed by atoms with Crippen molar-refractivity contribution in [1.82, 2.24) is 10.6 Å². The van der Waals surface area contributed by atoms with Crippen LogP contribution in [0.3, 0.4) is 0 Å². The summed E-state index contributed by atoms with van der Waals surface area (Å²) in [6, 6.07) is 2.58. The van der Waals surface area contributed by atoms with Gasteiger partial charge in [0.25, 0.3) is 0 Å². The Morgan fingerprint density at radius 1 is 1.33 bits per heavy atom. The molecule has 0 aliphatic carbocycles. The first-order valence-corrected chi connectivity index (χ1v) is 6.54. The van der Waals surface area contributed by atoms with Crippen molar-refractivity contribution in [2.45, 2.75) is 32.1 Å². The van der Waals surface area contributed by atoms with E-state index in [0.29, 0.717) is 0 Å². The third-order valence-corrected chi connectivity index (χ3v) is 3.12. The van der Waals surface area contributed by atoms with Gasteiger partial charge in [-0.15, -0.1) is 0 Å². The molecule has 1 aromatic rings. The van der Waals surface area contributed by atoms with Crippen LogP contribution >= 0.6 is 11.6 Å². The summed E-state index contributed by atoms with van der Waals surface area (Å²) in [6.45, 7) is 1.54. The third-order valence-electron chi connectivity index (χ3n) is 2.79. The highest BCUT2D eigenvalue weighted by Gasteiger charge is 2.29. The number of hydrogen-bond acceptors (Lipinski definition) is 2. The minimum atomic E-state index is -4.48. The summed E-state index contributed by atoms with van der Waals surface area (Å²) in [5.74, 6) is -1.38. The van der Waals surface area contributed by atoms with Gasteiger partial charge in [-0.2, -0.15) is 13.2 Å². The Morgan fingerprint density at radius 2 is 1.95 bits per heavy atom. The molecule has 8 heteroatoms. The summed E-state index contributed by atoms with van der Waals surface area (Å²) >= 11 is 5.88. The minimum Gasteiger partial charge on any atom is -0.346 e. The van der Waals surface area contributed by atoms with E-state index in [-0.39, 0.29) is 10.6 Å². The van der Waals surface area contributed by atoms with Gasteiger partial charge in [-0.25, -0.2) is 4.39 Å². The number of nitrogens with one attached hydrogen (secondary N) is 2. The van der Waals surface area contributed by atoms with Gasteiger partial charge in [-0.1, -0.05) is 17.7 Å². The molecule has 0 aliphatic heterocycles. The largest absolute Gasteiger partial charge is 0.405 e. The molecule has 0 radical (unpaired) electrons. The van der Waals surface area contributed by atoms with Crippen molar-refractivity contribution < 1.29 is 22.4 Å². The molecule has 0 aliphatic rings. The zero-order chi connectivity index (χ0) is 16.2. The van der Waals surface area contributed by atoms with Crippen LogP contribution in [-0.4, -0.2) is 24.7 Å². The predicted molar refractivity (Wildman–Crippen MR) is 71.5 cm³/mol. The molecule has 1 rings (SSSR count). The lowest BCUT2D eigenvalue weighted by atomic mass is 10.1. The molecular weight excluding hydrogens is 312 g/mol. The van der Waals surface area contributed by atoms with E-state index in [2.05, 4.69) is 5.32 Å². The summed E-state index contributed by atoms with van der Waals surface area (Å²) in [6.07, 6.45) is -4.48. The standard InChI is InChI=1S/C13H15ClF4N2O/c1-7(11-9(14)4-3-5-10(11)15)20-8(2)12(21)19-6-13(16,17)18/h3-5,7-8,20H,6H2,1-2H3,(H,19,21)/t7-,8+/m1/s1. The maximum absolute atomic E-state index is 13.7. The second-order valence-corrected chi connectivity index (χ2v) is 4.99. The van der Waals surface area contributed by atoms with E-state index < -0.39 is 36.5 Å². The Bertz CT molecular complexity index is 487. The van der Waals surface area contributed by atoms with Crippen molar-refractivity contribution >= 4 is 17.5 Å².